The van der Waals surface area contributed by atoms with E-state index in [1.165, 1.54) is 0 Å². The van der Waals surface area contributed by atoms with Crippen LogP contribution in [0, 0.1) is 20.8 Å². The summed E-state index contributed by atoms with van der Waals surface area (Å²) in [6.07, 6.45) is 0.907. The van der Waals surface area contributed by atoms with Gasteiger partial charge in [0, 0.05) is 17.1 Å². The highest BCUT2D eigenvalue weighted by Crippen LogP contribution is 2.29. The molecule has 2 heterocycles. The van der Waals surface area contributed by atoms with Gasteiger partial charge in [-0.1, -0.05) is 12.1 Å². The predicted octanol–water partition coefficient (Wildman–Crippen LogP) is 3.48. The maximum atomic E-state index is 12.9. The lowest BCUT2D eigenvalue weighted by atomic mass is 9.92. The van der Waals surface area contributed by atoms with Crippen LogP contribution in [0.5, 0.6) is 0 Å². The average molecular weight is 372 g/mol. The normalized spacial score (nSPS) is 16.3. The van der Waals surface area contributed by atoms with E-state index < -0.39 is 11.5 Å². The smallest absolute Gasteiger partial charge is 0.329 e. The minimum atomic E-state index is -1.16. The fourth-order valence-electron chi connectivity index (χ4n) is 3.55. The third-order valence-corrected chi connectivity index (χ3v) is 6.03. The number of aryl methyl sites for hydroxylation is 2. The van der Waals surface area contributed by atoms with Crippen molar-refractivity contribution >= 4 is 23.6 Å². The molecule has 6 heteroatoms. The topological polar surface area (TPSA) is 71.3 Å². The maximum absolute atomic E-state index is 12.9. The molecule has 1 aliphatic rings. The summed E-state index contributed by atoms with van der Waals surface area (Å²) in [7, 11) is 0. The molecule has 1 aromatic carbocycles. The first-order chi connectivity index (χ1) is 12.3. The first kappa shape index (κ1) is 18.6. The summed E-state index contributed by atoms with van der Waals surface area (Å²) in [5, 5.41) is 12.5. The molecule has 2 aromatic rings. The number of amides is 1. The van der Waals surface area contributed by atoms with Gasteiger partial charge in [-0.2, -0.15) is 11.8 Å². The number of hydrogen-bond acceptors (Lipinski definition) is 3. The van der Waals surface area contributed by atoms with Crippen LogP contribution in [-0.2, 0) is 4.79 Å². The van der Waals surface area contributed by atoms with Gasteiger partial charge in [-0.05, 0) is 68.9 Å². The van der Waals surface area contributed by atoms with Gasteiger partial charge in [0.2, 0.25) is 0 Å². The third kappa shape index (κ3) is 3.38. The van der Waals surface area contributed by atoms with Crippen LogP contribution in [0.15, 0.2) is 30.3 Å². The molecule has 0 saturated carbocycles. The number of benzene rings is 1. The second-order valence-electron chi connectivity index (χ2n) is 6.91. The molecule has 138 valence electrons. The quantitative estimate of drug-likeness (QED) is 0.862. The van der Waals surface area contributed by atoms with Gasteiger partial charge in [-0.3, -0.25) is 4.79 Å². The van der Waals surface area contributed by atoms with Gasteiger partial charge in [0.25, 0.3) is 5.91 Å². The molecule has 1 aliphatic heterocycles. The summed E-state index contributed by atoms with van der Waals surface area (Å²) in [5.41, 5.74) is 3.28. The van der Waals surface area contributed by atoms with Gasteiger partial charge in [0.15, 0.2) is 0 Å². The van der Waals surface area contributed by atoms with Crippen molar-refractivity contribution < 1.29 is 14.7 Å². The van der Waals surface area contributed by atoms with Gasteiger partial charge in [-0.25, -0.2) is 4.79 Å². The molecular formula is C20H24N2O3S. The summed E-state index contributed by atoms with van der Waals surface area (Å²) in [4.78, 5) is 24.7. The van der Waals surface area contributed by atoms with Crippen molar-refractivity contribution in [2.24, 2.45) is 0 Å². The zero-order chi connectivity index (χ0) is 18.9. The first-order valence-electron chi connectivity index (χ1n) is 8.74. The number of nitrogens with one attached hydrogen (secondary N) is 1. The molecule has 1 amide bonds. The fraction of sp³-hybridized carbons (Fsp3) is 0.400. The Morgan fingerprint density at radius 1 is 1.15 bits per heavy atom. The lowest BCUT2D eigenvalue weighted by Gasteiger charge is -2.33. The number of carboxylic acids is 1. The van der Waals surface area contributed by atoms with E-state index in [0.29, 0.717) is 18.4 Å². The van der Waals surface area contributed by atoms with E-state index in [-0.39, 0.29) is 5.91 Å². The Bertz CT molecular complexity index is 851. The van der Waals surface area contributed by atoms with Crippen molar-refractivity contribution in [2.75, 3.05) is 11.5 Å². The molecule has 1 aromatic heterocycles. The molecule has 0 radical (unpaired) electrons. The first-order valence-corrected chi connectivity index (χ1v) is 9.89. The number of carboxylic acid groups (broad SMARTS) is 1. The van der Waals surface area contributed by atoms with Crippen LogP contribution < -0.4 is 5.32 Å². The molecule has 5 nitrogen and oxygen atoms in total. The van der Waals surface area contributed by atoms with E-state index in [4.69, 9.17) is 0 Å². The molecule has 0 unspecified atom stereocenters. The van der Waals surface area contributed by atoms with Crippen LogP contribution in [0.4, 0.5) is 0 Å². The standard InChI is InChI=1S/C20H24N2O3S/c1-13-5-4-6-16(11-13)22-14(2)12-17(15(22)3)18(23)21-20(19(24)25)7-9-26-10-8-20/h4-6,11-12H,7-10H2,1-3H3,(H,21,23)(H,24,25). The Morgan fingerprint density at radius 2 is 1.85 bits per heavy atom. The lowest BCUT2D eigenvalue weighted by Crippen LogP contribution is -2.56. The molecule has 0 aliphatic carbocycles. The van der Waals surface area contributed by atoms with Gasteiger partial charge in [-0.15, -0.1) is 0 Å². The van der Waals surface area contributed by atoms with Crippen LogP contribution in [0.3, 0.4) is 0 Å². The van der Waals surface area contributed by atoms with Crippen LogP contribution in [0.1, 0.15) is 40.2 Å². The molecule has 0 spiro atoms. The number of hydrogen-bond donors (Lipinski definition) is 2. The summed E-state index contributed by atoms with van der Waals surface area (Å²) < 4.78 is 2.03. The van der Waals surface area contributed by atoms with E-state index in [0.717, 1.165) is 34.1 Å². The van der Waals surface area contributed by atoms with Crippen molar-refractivity contribution in [3.63, 3.8) is 0 Å². The van der Waals surface area contributed by atoms with Crippen LogP contribution in [-0.4, -0.2) is 38.6 Å². The van der Waals surface area contributed by atoms with E-state index in [2.05, 4.69) is 11.4 Å². The summed E-state index contributed by atoms with van der Waals surface area (Å²) in [6, 6.07) is 9.93. The summed E-state index contributed by atoms with van der Waals surface area (Å²) >= 11 is 1.73. The minimum absolute atomic E-state index is 0.314. The second-order valence-corrected chi connectivity index (χ2v) is 8.14. The van der Waals surface area contributed by atoms with E-state index in [1.54, 1.807) is 11.8 Å². The molecular weight excluding hydrogens is 348 g/mol. The predicted molar refractivity (Wildman–Crippen MR) is 104 cm³/mol. The van der Waals surface area contributed by atoms with Crippen molar-refractivity contribution in [3.8, 4) is 5.69 Å². The van der Waals surface area contributed by atoms with Crippen molar-refractivity contribution in [2.45, 2.75) is 39.2 Å². The third-order valence-electron chi connectivity index (χ3n) is 5.04. The number of rotatable bonds is 4. The van der Waals surface area contributed by atoms with Gasteiger partial charge < -0.3 is 15.0 Å². The highest BCUT2D eigenvalue weighted by Gasteiger charge is 2.41. The van der Waals surface area contributed by atoms with Crippen LogP contribution in [0.2, 0.25) is 0 Å². The van der Waals surface area contributed by atoms with E-state index >= 15 is 0 Å². The van der Waals surface area contributed by atoms with E-state index in [1.807, 2.05) is 49.6 Å². The largest absolute Gasteiger partial charge is 0.480 e. The van der Waals surface area contributed by atoms with Gasteiger partial charge in [0.1, 0.15) is 5.54 Å². The Labute approximate surface area is 157 Å². The maximum Gasteiger partial charge on any atom is 0.329 e. The number of nitrogens with zero attached hydrogens (tertiary/aromatic N) is 1. The van der Waals surface area contributed by atoms with Crippen molar-refractivity contribution in [1.29, 1.82) is 0 Å². The number of aromatic nitrogens is 1. The van der Waals surface area contributed by atoms with Crippen LogP contribution >= 0.6 is 11.8 Å². The monoisotopic (exact) mass is 372 g/mol. The zero-order valence-corrected chi connectivity index (χ0v) is 16.2. The summed E-state index contributed by atoms with van der Waals surface area (Å²) in [6.45, 7) is 5.88. The van der Waals surface area contributed by atoms with E-state index in [9.17, 15) is 14.7 Å². The minimum Gasteiger partial charge on any atom is -0.480 e. The average Bonchev–Trinajstić information content (AvgIpc) is 2.90. The SMILES string of the molecule is Cc1cccc(-n2c(C)cc(C(=O)NC3(C(=O)O)CCSCC3)c2C)c1. The Kier molecular flexibility index (Phi) is 5.14. The number of thioether (sulfide) groups is 1. The molecule has 26 heavy (non-hydrogen) atoms. The number of carbonyl (C=O) groups is 2. The van der Waals surface area contributed by atoms with Gasteiger partial charge in [0.05, 0.1) is 5.56 Å². The van der Waals surface area contributed by atoms with Gasteiger partial charge >= 0.3 is 5.97 Å². The molecule has 1 fully saturated rings. The molecule has 3 rings (SSSR count). The molecule has 1 saturated heterocycles. The molecule has 2 N–H and O–H groups in total. The van der Waals surface area contributed by atoms with Crippen LogP contribution in [0.25, 0.3) is 5.69 Å². The van der Waals surface area contributed by atoms with Crippen molar-refractivity contribution in [3.05, 3.63) is 52.8 Å². The highest BCUT2D eigenvalue weighted by atomic mass is 32.2. The zero-order valence-electron chi connectivity index (χ0n) is 15.3. The Hall–Kier alpha value is -2.21. The lowest BCUT2D eigenvalue weighted by molar-refractivity contribution is -0.144. The van der Waals surface area contributed by atoms with Crippen molar-refractivity contribution in [1.82, 2.24) is 9.88 Å². The molecule has 0 bridgehead atoms. The second kappa shape index (κ2) is 7.19. The highest BCUT2D eigenvalue weighted by molar-refractivity contribution is 7.99. The fourth-order valence-corrected chi connectivity index (χ4v) is 4.74. The summed E-state index contributed by atoms with van der Waals surface area (Å²) in [5.74, 6) is 0.231. The number of carbonyl (C=O) groups excluding carboxylic acids is 1. The molecule has 0 atom stereocenters. The Balaban J connectivity index is 1.93. The number of aliphatic carboxylic acids is 1. The Morgan fingerprint density at radius 3 is 2.46 bits per heavy atom.